The predicted molar refractivity (Wildman–Crippen MR) is 75.0 cm³/mol. The quantitative estimate of drug-likeness (QED) is 0.644. The lowest BCUT2D eigenvalue weighted by Gasteiger charge is -2.24. The van der Waals surface area contributed by atoms with E-state index in [1.54, 1.807) is 0 Å². The molecule has 17 heavy (non-hydrogen) atoms. The molecular weight excluding hydrogens is 232 g/mol. The third kappa shape index (κ3) is 2.70. The number of thioether (sulfide) groups is 1. The predicted octanol–water partition coefficient (Wildman–Crippen LogP) is 1.18. The maximum absolute atomic E-state index is 5.77. The summed E-state index contributed by atoms with van der Waals surface area (Å²) in [6.45, 7) is 5.94. The van der Waals surface area contributed by atoms with Crippen LogP contribution in [-0.2, 0) is 0 Å². The molecule has 2 rings (SSSR count). The second-order valence-corrected chi connectivity index (χ2v) is 6.48. The fraction of sp³-hybridized carbons (Fsp3) is 0.750. The molecule has 2 unspecified atom stereocenters. The molecule has 0 aromatic heterocycles. The van der Waals surface area contributed by atoms with Crippen LogP contribution in [0.25, 0.3) is 0 Å². The van der Waals surface area contributed by atoms with Crippen molar-refractivity contribution < 1.29 is 0 Å². The van der Waals surface area contributed by atoms with Gasteiger partial charge in [-0.15, -0.1) is 0 Å². The van der Waals surface area contributed by atoms with E-state index in [4.69, 9.17) is 11.5 Å². The van der Waals surface area contributed by atoms with Gasteiger partial charge >= 0.3 is 0 Å². The van der Waals surface area contributed by atoms with Crippen molar-refractivity contribution in [1.29, 1.82) is 0 Å². The van der Waals surface area contributed by atoms with E-state index >= 15 is 0 Å². The number of hydrogen-bond acceptors (Lipinski definition) is 5. The number of rotatable bonds is 5. The molecule has 0 aromatic rings. The van der Waals surface area contributed by atoms with Crippen LogP contribution in [0.1, 0.15) is 32.6 Å². The van der Waals surface area contributed by atoms with Gasteiger partial charge < -0.3 is 16.8 Å². The molecular formula is C12H22N4S. The van der Waals surface area contributed by atoms with Crippen molar-refractivity contribution in [2.24, 2.45) is 16.5 Å². The first-order chi connectivity index (χ1) is 8.01. The van der Waals surface area contributed by atoms with E-state index in [0.717, 1.165) is 24.3 Å². The molecule has 4 nitrogen and oxygen atoms in total. The van der Waals surface area contributed by atoms with Gasteiger partial charge in [0.15, 0.2) is 5.96 Å². The summed E-state index contributed by atoms with van der Waals surface area (Å²) in [6, 6.07) is 0.341. The SMILES string of the molecule is C=C(N)CCCC[C@@H]1SCC2(C)NC(N)=NC12. The van der Waals surface area contributed by atoms with Gasteiger partial charge in [0, 0.05) is 16.7 Å². The van der Waals surface area contributed by atoms with Crippen LogP contribution < -0.4 is 16.8 Å². The van der Waals surface area contributed by atoms with Crippen LogP contribution in [0.2, 0.25) is 0 Å². The van der Waals surface area contributed by atoms with Crippen LogP contribution >= 0.6 is 11.8 Å². The molecule has 3 atom stereocenters. The summed E-state index contributed by atoms with van der Waals surface area (Å²) in [5.74, 6) is 1.70. The number of guanidine groups is 1. The normalized spacial score (nSPS) is 35.2. The number of unbranched alkanes of at least 4 members (excludes halogenated alkanes) is 1. The van der Waals surface area contributed by atoms with Gasteiger partial charge in [0.25, 0.3) is 0 Å². The highest BCUT2D eigenvalue weighted by Gasteiger charge is 2.49. The molecule has 0 spiro atoms. The lowest BCUT2D eigenvalue weighted by Crippen LogP contribution is -2.49. The molecule has 0 aliphatic carbocycles. The van der Waals surface area contributed by atoms with Crippen molar-refractivity contribution in [3.05, 3.63) is 12.3 Å². The Bertz CT molecular complexity index is 341. The maximum Gasteiger partial charge on any atom is 0.189 e. The number of nitrogens with two attached hydrogens (primary N) is 2. The molecule has 2 aliphatic rings. The van der Waals surface area contributed by atoms with Gasteiger partial charge in [0.05, 0.1) is 11.6 Å². The summed E-state index contributed by atoms with van der Waals surface area (Å²) in [6.07, 6.45) is 4.44. The first kappa shape index (κ1) is 12.6. The van der Waals surface area contributed by atoms with Crippen molar-refractivity contribution in [3.8, 4) is 0 Å². The monoisotopic (exact) mass is 254 g/mol. The van der Waals surface area contributed by atoms with Crippen LogP contribution in [0.5, 0.6) is 0 Å². The number of nitrogens with zero attached hydrogens (tertiary/aromatic N) is 1. The summed E-state index contributed by atoms with van der Waals surface area (Å²) in [7, 11) is 0. The van der Waals surface area contributed by atoms with E-state index in [1.165, 1.54) is 12.8 Å². The maximum atomic E-state index is 5.77. The first-order valence-corrected chi connectivity index (χ1v) is 7.22. The zero-order valence-corrected chi connectivity index (χ0v) is 11.2. The van der Waals surface area contributed by atoms with Crippen molar-refractivity contribution >= 4 is 17.7 Å². The number of aliphatic imine (C=N–C) groups is 1. The fourth-order valence-electron chi connectivity index (χ4n) is 2.62. The molecule has 0 aromatic carbocycles. The number of hydrogen-bond donors (Lipinski definition) is 3. The minimum absolute atomic E-state index is 0.0802. The summed E-state index contributed by atoms with van der Waals surface area (Å²) >= 11 is 2.02. The Hall–Kier alpha value is -0.840. The van der Waals surface area contributed by atoms with Crippen molar-refractivity contribution in [1.82, 2.24) is 5.32 Å². The Labute approximate surface area is 107 Å². The summed E-state index contributed by atoms with van der Waals surface area (Å²) in [5.41, 5.74) is 12.2. The first-order valence-electron chi connectivity index (χ1n) is 6.17. The Morgan fingerprint density at radius 3 is 3.12 bits per heavy atom. The lowest BCUT2D eigenvalue weighted by molar-refractivity contribution is 0.409. The molecule has 1 fully saturated rings. The van der Waals surface area contributed by atoms with Crippen LogP contribution in [0.15, 0.2) is 17.3 Å². The average molecular weight is 254 g/mol. The van der Waals surface area contributed by atoms with Gasteiger partial charge in [-0.05, 0) is 26.2 Å². The van der Waals surface area contributed by atoms with Crippen LogP contribution in [0.4, 0.5) is 0 Å². The van der Waals surface area contributed by atoms with E-state index < -0.39 is 0 Å². The number of allylic oxidation sites excluding steroid dienone is 1. The molecule has 2 heterocycles. The van der Waals surface area contributed by atoms with Gasteiger partial charge in [-0.25, -0.2) is 4.99 Å². The molecule has 5 heteroatoms. The Kier molecular flexibility index (Phi) is 3.56. The Morgan fingerprint density at radius 2 is 2.41 bits per heavy atom. The Balaban J connectivity index is 1.81. The highest BCUT2D eigenvalue weighted by atomic mass is 32.2. The Morgan fingerprint density at radius 1 is 1.65 bits per heavy atom. The molecule has 0 amide bonds. The topological polar surface area (TPSA) is 76.4 Å². The lowest BCUT2D eigenvalue weighted by atomic mass is 9.92. The second-order valence-electron chi connectivity index (χ2n) is 5.26. The van der Waals surface area contributed by atoms with Crippen LogP contribution in [-0.4, -0.2) is 28.5 Å². The molecule has 96 valence electrons. The molecule has 5 N–H and O–H groups in total. The molecule has 1 saturated heterocycles. The third-order valence-corrected chi connectivity index (χ3v) is 5.22. The van der Waals surface area contributed by atoms with E-state index in [2.05, 4.69) is 23.8 Å². The van der Waals surface area contributed by atoms with Gasteiger partial charge in [-0.3, -0.25) is 0 Å². The van der Waals surface area contributed by atoms with Crippen LogP contribution in [0.3, 0.4) is 0 Å². The fourth-order valence-corrected chi connectivity index (χ4v) is 4.30. The summed E-state index contributed by atoms with van der Waals surface area (Å²) in [4.78, 5) is 4.54. The zero-order chi connectivity index (χ0) is 12.5. The van der Waals surface area contributed by atoms with E-state index in [1.807, 2.05) is 11.8 Å². The highest BCUT2D eigenvalue weighted by molar-refractivity contribution is 8.00. The van der Waals surface area contributed by atoms with Gasteiger partial charge in [-0.1, -0.05) is 13.0 Å². The van der Waals surface area contributed by atoms with Crippen molar-refractivity contribution in [2.75, 3.05) is 5.75 Å². The van der Waals surface area contributed by atoms with E-state index in [-0.39, 0.29) is 5.54 Å². The number of fused-ring (bicyclic) bond motifs is 1. The summed E-state index contributed by atoms with van der Waals surface area (Å²) < 4.78 is 0. The minimum Gasteiger partial charge on any atom is -0.403 e. The van der Waals surface area contributed by atoms with E-state index in [0.29, 0.717) is 17.3 Å². The summed E-state index contributed by atoms with van der Waals surface area (Å²) in [5, 5.41) is 3.90. The second kappa shape index (κ2) is 4.80. The largest absolute Gasteiger partial charge is 0.403 e. The smallest absolute Gasteiger partial charge is 0.189 e. The molecule has 0 bridgehead atoms. The minimum atomic E-state index is 0.0802. The molecule has 0 radical (unpaired) electrons. The highest BCUT2D eigenvalue weighted by Crippen LogP contribution is 2.41. The van der Waals surface area contributed by atoms with E-state index in [9.17, 15) is 0 Å². The number of nitrogens with one attached hydrogen (secondary N) is 1. The third-order valence-electron chi connectivity index (χ3n) is 3.53. The van der Waals surface area contributed by atoms with Gasteiger partial charge in [-0.2, -0.15) is 11.8 Å². The molecule has 2 aliphatic heterocycles. The molecule has 0 saturated carbocycles. The van der Waals surface area contributed by atoms with Gasteiger partial charge in [0.2, 0.25) is 0 Å². The van der Waals surface area contributed by atoms with Crippen molar-refractivity contribution in [2.45, 2.75) is 49.4 Å². The standard InChI is InChI=1S/C12H22N4S/c1-8(13)5-3-4-6-9-10-12(2,7-17-9)16-11(14)15-10/h9-10H,1,3-7,13H2,2H3,(H3,14,15,16)/t9-,10?,12?/m0/s1. The average Bonchev–Trinajstić information content (AvgIpc) is 2.66. The zero-order valence-electron chi connectivity index (χ0n) is 10.4. The van der Waals surface area contributed by atoms with Crippen LogP contribution in [0, 0.1) is 0 Å². The van der Waals surface area contributed by atoms with Gasteiger partial charge in [0.1, 0.15) is 0 Å². The van der Waals surface area contributed by atoms with Crippen molar-refractivity contribution in [3.63, 3.8) is 0 Å².